The number of amides is 2. The lowest BCUT2D eigenvalue weighted by Gasteiger charge is -2.31. The van der Waals surface area contributed by atoms with Crippen LogP contribution in [-0.2, 0) is 17.5 Å². The van der Waals surface area contributed by atoms with E-state index in [9.17, 15) is 22.8 Å². The molecule has 9 nitrogen and oxygen atoms in total. The fourth-order valence-electron chi connectivity index (χ4n) is 4.28. The number of likely N-dealkylation sites (tertiary alicyclic amines) is 1. The maximum atomic E-state index is 13.0. The third-order valence-electron chi connectivity index (χ3n) is 6.03. The van der Waals surface area contributed by atoms with E-state index in [1.54, 1.807) is 28.8 Å². The number of aromatic nitrogens is 4. The van der Waals surface area contributed by atoms with Crippen molar-refractivity contribution >= 4 is 17.6 Å². The first-order valence-corrected chi connectivity index (χ1v) is 11.2. The molecule has 3 aromatic rings. The molecule has 2 aromatic heterocycles. The van der Waals surface area contributed by atoms with Crippen molar-refractivity contribution in [3.8, 4) is 23.1 Å². The predicted octanol–water partition coefficient (Wildman–Crippen LogP) is 2.68. The number of rotatable bonds is 5. The van der Waals surface area contributed by atoms with Gasteiger partial charge in [0.2, 0.25) is 0 Å². The van der Waals surface area contributed by atoms with Gasteiger partial charge < -0.3 is 16.4 Å². The van der Waals surface area contributed by atoms with Gasteiger partial charge in [-0.05, 0) is 43.4 Å². The van der Waals surface area contributed by atoms with Gasteiger partial charge in [-0.25, -0.2) is 4.68 Å². The second kappa shape index (κ2) is 9.77. The molecule has 1 aromatic carbocycles. The van der Waals surface area contributed by atoms with Gasteiger partial charge >= 0.3 is 6.18 Å². The van der Waals surface area contributed by atoms with Crippen molar-refractivity contribution in [2.45, 2.75) is 38.5 Å². The zero-order valence-electron chi connectivity index (χ0n) is 19.4. The summed E-state index contributed by atoms with van der Waals surface area (Å²) in [7, 11) is 0. The van der Waals surface area contributed by atoms with E-state index in [0.29, 0.717) is 37.1 Å². The topological polar surface area (TPSA) is 125 Å². The summed E-state index contributed by atoms with van der Waals surface area (Å²) in [5.74, 6) is 4.23. The molecular weight excluding hydrogens is 475 g/mol. The van der Waals surface area contributed by atoms with Gasteiger partial charge in [-0.1, -0.05) is 18.1 Å². The average molecular weight is 499 g/mol. The number of hydrogen-bond donors (Lipinski definition) is 2. The quantitative estimate of drug-likeness (QED) is 0.522. The minimum absolute atomic E-state index is 0.0453. The molecule has 0 radical (unpaired) electrons. The van der Waals surface area contributed by atoms with E-state index >= 15 is 0 Å². The van der Waals surface area contributed by atoms with Gasteiger partial charge in [-0.15, -0.1) is 0 Å². The molecule has 1 saturated heterocycles. The van der Waals surface area contributed by atoms with Crippen molar-refractivity contribution < 1.29 is 22.8 Å². The average Bonchev–Trinajstić information content (AvgIpc) is 3.43. The fraction of sp³-hybridized carbons (Fsp3) is 0.333. The van der Waals surface area contributed by atoms with Crippen LogP contribution in [0.1, 0.15) is 47.3 Å². The Hall–Kier alpha value is -4.27. The van der Waals surface area contributed by atoms with Gasteiger partial charge in [0.15, 0.2) is 0 Å². The molecule has 4 N–H and O–H groups in total. The molecule has 0 bridgehead atoms. The van der Waals surface area contributed by atoms with Crippen LogP contribution in [0.5, 0.6) is 0 Å². The minimum Gasteiger partial charge on any atom is -0.383 e. The number of carbonyl (C=O) groups excluding carboxylic acids is 2. The van der Waals surface area contributed by atoms with Gasteiger partial charge in [0, 0.05) is 24.8 Å². The highest BCUT2D eigenvalue weighted by Gasteiger charge is 2.31. The highest BCUT2D eigenvalue weighted by molar-refractivity contribution is 6.03. The van der Waals surface area contributed by atoms with E-state index in [1.807, 2.05) is 0 Å². The molecule has 12 heteroatoms. The van der Waals surface area contributed by atoms with Crippen LogP contribution in [0.25, 0.3) is 11.3 Å². The number of alkyl halides is 3. The van der Waals surface area contributed by atoms with Crippen LogP contribution in [0.4, 0.5) is 19.0 Å². The molecule has 0 aliphatic carbocycles. The number of nitrogen functional groups attached to an aromatic ring is 1. The van der Waals surface area contributed by atoms with Gasteiger partial charge in [0.1, 0.15) is 17.1 Å². The number of benzene rings is 1. The normalized spacial score (nSPS) is 14.4. The van der Waals surface area contributed by atoms with Crippen LogP contribution in [0.2, 0.25) is 0 Å². The van der Waals surface area contributed by atoms with E-state index in [-0.39, 0.29) is 35.6 Å². The van der Waals surface area contributed by atoms with Crippen LogP contribution in [0, 0.1) is 11.8 Å². The molecule has 188 valence electrons. The van der Waals surface area contributed by atoms with Gasteiger partial charge in [0.05, 0.1) is 24.3 Å². The largest absolute Gasteiger partial charge is 0.416 e. The Bertz CT molecular complexity index is 1360. The summed E-state index contributed by atoms with van der Waals surface area (Å²) in [6.45, 7) is 2.62. The van der Waals surface area contributed by atoms with Crippen molar-refractivity contribution in [3.05, 3.63) is 53.3 Å². The lowest BCUT2D eigenvalue weighted by atomic mass is 10.0. The summed E-state index contributed by atoms with van der Waals surface area (Å²) in [4.78, 5) is 25.9. The van der Waals surface area contributed by atoms with Crippen molar-refractivity contribution in [2.24, 2.45) is 5.73 Å². The van der Waals surface area contributed by atoms with E-state index in [1.165, 1.54) is 16.9 Å². The molecule has 4 rings (SSSR count). The van der Waals surface area contributed by atoms with Crippen LogP contribution in [0.15, 0.2) is 36.7 Å². The number of nitrogens with two attached hydrogens (primary N) is 2. The number of anilines is 1. The molecule has 36 heavy (non-hydrogen) atoms. The molecule has 1 aliphatic rings. The predicted molar refractivity (Wildman–Crippen MR) is 125 cm³/mol. The molecule has 1 aliphatic heterocycles. The Balaban J connectivity index is 1.57. The monoisotopic (exact) mass is 499 g/mol. The van der Waals surface area contributed by atoms with Crippen LogP contribution >= 0.6 is 0 Å². The Labute approximate surface area is 204 Å². The van der Waals surface area contributed by atoms with Crippen molar-refractivity contribution in [1.29, 1.82) is 0 Å². The van der Waals surface area contributed by atoms with Crippen LogP contribution in [-0.4, -0.2) is 49.4 Å². The second-order valence-corrected chi connectivity index (χ2v) is 8.44. The molecule has 3 heterocycles. The SMILES string of the molecule is CC#CC(=O)N1CCC(n2nc(-c3cnn(Cc4cccc(C(F)(F)F)c4)c3)c(C(N)=O)c2N)CC1. The Kier molecular flexibility index (Phi) is 6.74. The summed E-state index contributed by atoms with van der Waals surface area (Å²) in [6.07, 6.45) is -0.288. The summed E-state index contributed by atoms with van der Waals surface area (Å²) in [5, 5.41) is 8.77. The first kappa shape index (κ1) is 24.8. The highest BCUT2D eigenvalue weighted by atomic mass is 19.4. The lowest BCUT2D eigenvalue weighted by molar-refractivity contribution is -0.137. The molecule has 0 saturated carbocycles. The molecule has 0 spiro atoms. The third kappa shape index (κ3) is 5.05. The summed E-state index contributed by atoms with van der Waals surface area (Å²) in [5.41, 5.74) is 12.3. The van der Waals surface area contributed by atoms with Gasteiger partial charge in [-0.2, -0.15) is 23.4 Å². The number of hydrogen-bond acceptors (Lipinski definition) is 5. The summed E-state index contributed by atoms with van der Waals surface area (Å²) >= 11 is 0. The third-order valence-corrected chi connectivity index (χ3v) is 6.03. The fourth-order valence-corrected chi connectivity index (χ4v) is 4.28. The number of nitrogens with zero attached hydrogens (tertiary/aromatic N) is 5. The van der Waals surface area contributed by atoms with E-state index in [2.05, 4.69) is 22.0 Å². The summed E-state index contributed by atoms with van der Waals surface area (Å²) < 4.78 is 42.1. The number of primary amides is 1. The van der Waals surface area contributed by atoms with Gasteiger partial charge in [0.25, 0.3) is 11.8 Å². The first-order valence-electron chi connectivity index (χ1n) is 11.2. The molecule has 0 atom stereocenters. The Morgan fingerprint density at radius 3 is 2.58 bits per heavy atom. The number of carbonyl (C=O) groups is 2. The van der Waals surface area contributed by atoms with Crippen molar-refractivity contribution in [1.82, 2.24) is 24.5 Å². The number of piperidine rings is 1. The van der Waals surface area contributed by atoms with E-state index < -0.39 is 17.6 Å². The smallest absolute Gasteiger partial charge is 0.383 e. The summed E-state index contributed by atoms with van der Waals surface area (Å²) in [6, 6.07) is 4.82. The van der Waals surface area contributed by atoms with E-state index in [0.717, 1.165) is 12.1 Å². The lowest BCUT2D eigenvalue weighted by Crippen LogP contribution is -2.38. The van der Waals surface area contributed by atoms with E-state index in [4.69, 9.17) is 11.5 Å². The number of halogens is 3. The molecule has 0 unspecified atom stereocenters. The minimum atomic E-state index is -4.45. The van der Waals surface area contributed by atoms with Gasteiger partial charge in [-0.3, -0.25) is 14.3 Å². The molecule has 2 amide bonds. The molecular formula is C24H24F3N7O2. The zero-order valence-corrected chi connectivity index (χ0v) is 19.4. The van der Waals surface area contributed by atoms with Crippen LogP contribution in [0.3, 0.4) is 0 Å². The standard InChI is InChI=1S/C24H24F3N7O2/c1-2-4-19(35)32-9-7-18(8-10-32)34-22(28)20(23(29)36)21(31-34)16-12-30-33(14-16)13-15-5-3-6-17(11-15)24(25,26)27/h3,5-6,11-12,14,18H,7-10,13,28H2,1H3,(H2,29,36). The zero-order chi connectivity index (χ0) is 26.0. The molecule has 1 fully saturated rings. The maximum Gasteiger partial charge on any atom is 0.416 e. The van der Waals surface area contributed by atoms with Crippen molar-refractivity contribution in [3.63, 3.8) is 0 Å². The highest BCUT2D eigenvalue weighted by Crippen LogP contribution is 2.33. The Morgan fingerprint density at radius 2 is 1.94 bits per heavy atom. The first-order chi connectivity index (χ1) is 17.1. The second-order valence-electron chi connectivity index (χ2n) is 8.44. The maximum absolute atomic E-state index is 13.0. The Morgan fingerprint density at radius 1 is 1.22 bits per heavy atom. The van der Waals surface area contributed by atoms with Crippen LogP contribution < -0.4 is 11.5 Å². The van der Waals surface area contributed by atoms with Crippen molar-refractivity contribution in [2.75, 3.05) is 18.8 Å².